The van der Waals surface area contributed by atoms with E-state index in [0.29, 0.717) is 16.0 Å². The summed E-state index contributed by atoms with van der Waals surface area (Å²) in [6.07, 6.45) is 0. The second-order valence-electron chi connectivity index (χ2n) is 6.12. The highest BCUT2D eigenvalue weighted by Gasteiger charge is 2.25. The van der Waals surface area contributed by atoms with Crippen molar-refractivity contribution in [3.05, 3.63) is 89.5 Å². The van der Waals surface area contributed by atoms with Gasteiger partial charge in [0, 0.05) is 16.0 Å². The van der Waals surface area contributed by atoms with Crippen LogP contribution in [0.1, 0.15) is 0 Å². The van der Waals surface area contributed by atoms with Gasteiger partial charge in [-0.1, -0.05) is 41.9 Å². The molecule has 0 aliphatic heterocycles. The first kappa shape index (κ1) is 18.5. The maximum absolute atomic E-state index is 14.3. The second kappa shape index (κ2) is 6.96. The van der Waals surface area contributed by atoms with Gasteiger partial charge in [0.2, 0.25) is 9.84 Å². The molecule has 7 heteroatoms. The minimum absolute atomic E-state index is 0.0377. The number of rotatable bonds is 3. The van der Waals surface area contributed by atoms with Crippen LogP contribution in [0.15, 0.2) is 82.6 Å². The van der Waals surface area contributed by atoms with E-state index in [4.69, 9.17) is 11.6 Å². The molecule has 0 fully saturated rings. The van der Waals surface area contributed by atoms with Gasteiger partial charge in [0.15, 0.2) is 0 Å². The Kier molecular flexibility index (Phi) is 4.61. The lowest BCUT2D eigenvalue weighted by Gasteiger charge is -2.13. The Morgan fingerprint density at radius 3 is 2.36 bits per heavy atom. The number of para-hydroxylation sites is 1. The average molecular weight is 416 g/mol. The van der Waals surface area contributed by atoms with Gasteiger partial charge in [-0.25, -0.2) is 22.2 Å². The monoisotopic (exact) mass is 415 g/mol. The molecule has 3 nitrogen and oxygen atoms in total. The van der Waals surface area contributed by atoms with Crippen LogP contribution in [0.4, 0.5) is 8.78 Å². The molecule has 0 aliphatic carbocycles. The highest BCUT2D eigenvalue weighted by molar-refractivity contribution is 7.91. The lowest BCUT2D eigenvalue weighted by molar-refractivity contribution is 0.590. The van der Waals surface area contributed by atoms with E-state index in [1.807, 2.05) is 0 Å². The molecule has 0 radical (unpaired) electrons. The fourth-order valence-corrected chi connectivity index (χ4v) is 4.62. The third-order valence-corrected chi connectivity index (χ3v) is 6.26. The SMILES string of the molecule is O=S(=O)(c1cccc(F)c1)c1cc2cccc(F)c2nc1-c1cccc(Cl)c1. The van der Waals surface area contributed by atoms with Crippen molar-refractivity contribution in [2.24, 2.45) is 0 Å². The number of nitrogens with zero attached hydrogens (tertiary/aromatic N) is 1. The molecule has 0 N–H and O–H groups in total. The molecule has 28 heavy (non-hydrogen) atoms. The molecule has 1 aromatic heterocycles. The lowest BCUT2D eigenvalue weighted by atomic mass is 10.1. The standard InChI is InChI=1S/C21H12ClF2NO2S/c22-15-6-1-4-13(10-15)21-19(11-14-5-2-9-18(24)20(14)25-21)28(26,27)17-8-3-7-16(23)12-17/h1-12H. The molecule has 0 saturated carbocycles. The molecule has 3 aromatic carbocycles. The van der Waals surface area contributed by atoms with E-state index < -0.39 is 21.5 Å². The molecular weight excluding hydrogens is 404 g/mol. The predicted molar refractivity (Wildman–Crippen MR) is 104 cm³/mol. The molecule has 4 aromatic rings. The Morgan fingerprint density at radius 1 is 0.857 bits per heavy atom. The Morgan fingerprint density at radius 2 is 1.61 bits per heavy atom. The maximum atomic E-state index is 14.3. The van der Waals surface area contributed by atoms with Gasteiger partial charge < -0.3 is 0 Å². The van der Waals surface area contributed by atoms with Crippen LogP contribution in [0, 0.1) is 11.6 Å². The zero-order chi connectivity index (χ0) is 19.9. The minimum atomic E-state index is -4.13. The number of aromatic nitrogens is 1. The first-order chi connectivity index (χ1) is 13.4. The topological polar surface area (TPSA) is 47.0 Å². The van der Waals surface area contributed by atoms with E-state index in [1.54, 1.807) is 30.3 Å². The predicted octanol–water partition coefficient (Wildman–Crippen LogP) is 5.67. The number of sulfone groups is 1. The Hall–Kier alpha value is -2.83. The van der Waals surface area contributed by atoms with Crippen molar-refractivity contribution in [1.82, 2.24) is 4.98 Å². The number of halogens is 3. The van der Waals surface area contributed by atoms with E-state index in [9.17, 15) is 17.2 Å². The summed E-state index contributed by atoms with van der Waals surface area (Å²) in [6.45, 7) is 0. The number of hydrogen-bond donors (Lipinski definition) is 0. The van der Waals surface area contributed by atoms with Crippen LogP contribution in [-0.2, 0) is 9.84 Å². The number of benzene rings is 3. The van der Waals surface area contributed by atoms with E-state index in [1.165, 1.54) is 30.3 Å². The largest absolute Gasteiger partial charge is 0.243 e. The molecule has 0 aliphatic rings. The third-order valence-electron chi connectivity index (χ3n) is 4.26. The van der Waals surface area contributed by atoms with Crippen molar-refractivity contribution in [1.29, 1.82) is 0 Å². The van der Waals surface area contributed by atoms with Gasteiger partial charge in [0.25, 0.3) is 0 Å². The Bertz CT molecular complexity index is 1320. The van der Waals surface area contributed by atoms with Crippen molar-refractivity contribution in [3.8, 4) is 11.3 Å². The Balaban J connectivity index is 2.08. The quantitative estimate of drug-likeness (QED) is 0.433. The first-order valence-corrected chi connectivity index (χ1v) is 10.1. The molecule has 0 bridgehead atoms. The van der Waals surface area contributed by atoms with Crippen molar-refractivity contribution in [2.45, 2.75) is 9.79 Å². The van der Waals surface area contributed by atoms with E-state index in [2.05, 4.69) is 4.98 Å². The summed E-state index contributed by atoms with van der Waals surface area (Å²) in [5.41, 5.74) is 0.493. The van der Waals surface area contributed by atoms with E-state index in [-0.39, 0.29) is 21.0 Å². The highest BCUT2D eigenvalue weighted by Crippen LogP contribution is 2.34. The van der Waals surface area contributed by atoms with Crippen molar-refractivity contribution >= 4 is 32.3 Å². The molecule has 4 rings (SSSR count). The van der Waals surface area contributed by atoms with Gasteiger partial charge >= 0.3 is 0 Å². The van der Waals surface area contributed by atoms with Gasteiger partial charge in [-0.3, -0.25) is 0 Å². The zero-order valence-corrected chi connectivity index (χ0v) is 15.8. The van der Waals surface area contributed by atoms with Gasteiger partial charge in [0.05, 0.1) is 15.5 Å². The summed E-state index contributed by atoms with van der Waals surface area (Å²) in [7, 11) is -4.13. The molecule has 1 heterocycles. The van der Waals surface area contributed by atoms with Gasteiger partial charge in [-0.15, -0.1) is 0 Å². The summed E-state index contributed by atoms with van der Waals surface area (Å²) in [4.78, 5) is 3.93. The molecule has 0 unspecified atom stereocenters. The smallest absolute Gasteiger partial charge is 0.208 e. The van der Waals surface area contributed by atoms with Crippen molar-refractivity contribution in [2.75, 3.05) is 0 Å². The highest BCUT2D eigenvalue weighted by atomic mass is 35.5. The van der Waals surface area contributed by atoms with Crippen LogP contribution >= 0.6 is 11.6 Å². The molecule has 0 amide bonds. The van der Waals surface area contributed by atoms with E-state index in [0.717, 1.165) is 12.1 Å². The van der Waals surface area contributed by atoms with Gasteiger partial charge in [0.1, 0.15) is 17.2 Å². The average Bonchev–Trinajstić information content (AvgIpc) is 2.67. The van der Waals surface area contributed by atoms with Crippen LogP contribution < -0.4 is 0 Å². The molecular formula is C21H12ClF2NO2S. The third kappa shape index (κ3) is 3.25. The molecule has 0 spiro atoms. The lowest BCUT2D eigenvalue weighted by Crippen LogP contribution is -2.06. The zero-order valence-electron chi connectivity index (χ0n) is 14.2. The van der Waals surface area contributed by atoms with Crippen LogP contribution in [-0.4, -0.2) is 13.4 Å². The summed E-state index contributed by atoms with van der Waals surface area (Å²) in [5.74, 6) is -1.25. The van der Waals surface area contributed by atoms with Crippen LogP contribution in [0.25, 0.3) is 22.2 Å². The van der Waals surface area contributed by atoms with Gasteiger partial charge in [-0.05, 0) is 42.5 Å². The van der Waals surface area contributed by atoms with Crippen molar-refractivity contribution < 1.29 is 17.2 Å². The van der Waals surface area contributed by atoms with E-state index >= 15 is 0 Å². The fraction of sp³-hybridized carbons (Fsp3) is 0. The van der Waals surface area contributed by atoms with Crippen molar-refractivity contribution in [3.63, 3.8) is 0 Å². The maximum Gasteiger partial charge on any atom is 0.208 e. The summed E-state index contributed by atoms with van der Waals surface area (Å²) in [5, 5.41) is 0.697. The summed E-state index contributed by atoms with van der Waals surface area (Å²) < 4.78 is 54.4. The summed E-state index contributed by atoms with van der Waals surface area (Å²) in [6, 6.07) is 16.8. The number of hydrogen-bond acceptors (Lipinski definition) is 3. The Labute approximate surface area is 165 Å². The normalized spacial score (nSPS) is 11.7. The fourth-order valence-electron chi connectivity index (χ4n) is 2.95. The molecule has 0 saturated heterocycles. The molecule has 140 valence electrons. The second-order valence-corrected chi connectivity index (χ2v) is 8.47. The molecule has 0 atom stereocenters. The van der Waals surface area contributed by atoms with Crippen LogP contribution in [0.5, 0.6) is 0 Å². The van der Waals surface area contributed by atoms with Crippen LogP contribution in [0.3, 0.4) is 0 Å². The van der Waals surface area contributed by atoms with Gasteiger partial charge in [-0.2, -0.15) is 0 Å². The first-order valence-electron chi connectivity index (χ1n) is 8.22. The number of fused-ring (bicyclic) bond motifs is 1. The minimum Gasteiger partial charge on any atom is -0.243 e. The summed E-state index contributed by atoms with van der Waals surface area (Å²) >= 11 is 6.05. The van der Waals surface area contributed by atoms with Crippen LogP contribution in [0.2, 0.25) is 5.02 Å². The number of pyridine rings is 1.